The van der Waals surface area contributed by atoms with Gasteiger partial charge >= 0.3 is 0 Å². The van der Waals surface area contributed by atoms with Crippen LogP contribution in [0.15, 0.2) is 59.5 Å². The summed E-state index contributed by atoms with van der Waals surface area (Å²) in [6.45, 7) is 1.20. The number of aromatic amines is 1. The number of nitrogens with zero attached hydrogens (tertiary/aromatic N) is 1. The molecule has 0 atom stereocenters. The van der Waals surface area contributed by atoms with Gasteiger partial charge in [0.05, 0.1) is 33.4 Å². The van der Waals surface area contributed by atoms with Crippen LogP contribution in [0.3, 0.4) is 0 Å². The van der Waals surface area contributed by atoms with E-state index in [1.165, 1.54) is 40.0 Å². The highest BCUT2D eigenvalue weighted by Gasteiger charge is 2.14. The molecule has 0 spiro atoms. The monoisotopic (exact) mass is 325 g/mol. The Labute approximate surface area is 143 Å². The van der Waals surface area contributed by atoms with Crippen molar-refractivity contribution in [3.63, 3.8) is 0 Å². The summed E-state index contributed by atoms with van der Waals surface area (Å²) < 4.78 is 1.03. The predicted octanol–water partition coefficient (Wildman–Crippen LogP) is 5.02. The zero-order valence-corrected chi connectivity index (χ0v) is 15.0. The summed E-state index contributed by atoms with van der Waals surface area (Å²) in [4.78, 5) is 5.00. The van der Waals surface area contributed by atoms with E-state index < -0.39 is 0 Å². The molecule has 2 aromatic carbocycles. The van der Waals surface area contributed by atoms with Gasteiger partial charge in [0, 0.05) is 28.0 Å². The number of hydrogen-bond donors (Lipinski definition) is 1. The van der Waals surface area contributed by atoms with E-state index in [4.69, 9.17) is 0 Å². The first kappa shape index (κ1) is 16.2. The lowest BCUT2D eigenvalue weighted by molar-refractivity contribution is -0.870. The summed E-state index contributed by atoms with van der Waals surface area (Å²) in [6.07, 6.45) is 1.22. The van der Waals surface area contributed by atoms with Gasteiger partial charge in [-0.3, -0.25) is 0 Å². The third-order valence-electron chi connectivity index (χ3n) is 3.94. The Bertz CT molecular complexity index is 769. The van der Waals surface area contributed by atoms with Crippen LogP contribution < -0.4 is 0 Å². The number of rotatable bonds is 6. The molecule has 0 aliphatic heterocycles. The van der Waals surface area contributed by atoms with E-state index in [2.05, 4.69) is 80.7 Å². The molecule has 0 aliphatic rings. The molecule has 1 N–H and O–H groups in total. The van der Waals surface area contributed by atoms with Crippen molar-refractivity contribution in [2.24, 2.45) is 0 Å². The molecule has 0 bridgehead atoms. The fraction of sp³-hybridized carbons (Fsp3) is 0.300. The van der Waals surface area contributed by atoms with Gasteiger partial charge in [0.15, 0.2) is 0 Å². The van der Waals surface area contributed by atoms with Crippen LogP contribution in [0, 0.1) is 0 Å². The number of thioether (sulfide) groups is 1. The van der Waals surface area contributed by atoms with Crippen LogP contribution in [-0.4, -0.2) is 42.9 Å². The number of fused-ring (bicyclic) bond motifs is 1. The molecule has 0 amide bonds. The van der Waals surface area contributed by atoms with Crippen LogP contribution in [0.1, 0.15) is 6.42 Å². The topological polar surface area (TPSA) is 15.8 Å². The molecule has 1 aromatic heterocycles. The highest BCUT2D eigenvalue weighted by molar-refractivity contribution is 7.99. The molecule has 0 saturated carbocycles. The number of hydrogen-bond acceptors (Lipinski definition) is 1. The van der Waals surface area contributed by atoms with Crippen molar-refractivity contribution in [1.29, 1.82) is 0 Å². The van der Waals surface area contributed by atoms with Gasteiger partial charge in [-0.25, -0.2) is 0 Å². The zero-order chi connectivity index (χ0) is 16.3. The summed E-state index contributed by atoms with van der Waals surface area (Å²) in [6, 6.07) is 19.2. The highest BCUT2D eigenvalue weighted by atomic mass is 32.2. The SMILES string of the molecule is C[N+](C)(C)CCCSc1c(-c2ccccc2)[nH]c2ccccc12. The largest absolute Gasteiger partial charge is 0.354 e. The van der Waals surface area contributed by atoms with Crippen molar-refractivity contribution in [1.82, 2.24) is 4.98 Å². The summed E-state index contributed by atoms with van der Waals surface area (Å²) in [5.41, 5.74) is 3.74. The van der Waals surface area contributed by atoms with Crippen LogP contribution in [-0.2, 0) is 0 Å². The number of H-pyrrole nitrogens is 1. The second-order valence-electron chi connectivity index (χ2n) is 6.96. The first-order valence-electron chi connectivity index (χ1n) is 8.14. The number of para-hydroxylation sites is 1. The van der Waals surface area contributed by atoms with E-state index in [1.807, 2.05) is 11.8 Å². The van der Waals surface area contributed by atoms with E-state index in [0.717, 1.165) is 10.2 Å². The van der Waals surface area contributed by atoms with E-state index in [-0.39, 0.29) is 0 Å². The lowest BCUT2D eigenvalue weighted by Crippen LogP contribution is -2.35. The standard InChI is InChI=1S/C20H25N2S/c1-22(2,3)14-9-15-23-20-17-12-7-8-13-18(17)21-19(20)16-10-5-4-6-11-16/h4-8,10-13,21H,9,14-15H2,1-3H3/q+1. The number of nitrogens with one attached hydrogen (secondary N) is 1. The molecule has 1 heterocycles. The van der Waals surface area contributed by atoms with E-state index in [0.29, 0.717) is 0 Å². The Morgan fingerprint density at radius 2 is 1.61 bits per heavy atom. The third kappa shape index (κ3) is 3.98. The molecule has 23 heavy (non-hydrogen) atoms. The molecule has 3 rings (SSSR count). The molecule has 120 valence electrons. The van der Waals surface area contributed by atoms with Gasteiger partial charge in [-0.1, -0.05) is 48.5 Å². The maximum atomic E-state index is 3.61. The normalized spacial score (nSPS) is 12.0. The van der Waals surface area contributed by atoms with Crippen molar-refractivity contribution < 1.29 is 4.48 Å². The van der Waals surface area contributed by atoms with E-state index in [9.17, 15) is 0 Å². The van der Waals surface area contributed by atoms with Crippen molar-refractivity contribution in [3.05, 3.63) is 54.6 Å². The van der Waals surface area contributed by atoms with Crippen LogP contribution in [0.25, 0.3) is 22.2 Å². The Balaban J connectivity index is 1.88. The Kier molecular flexibility index (Phi) is 4.79. The molecule has 0 unspecified atom stereocenters. The van der Waals surface area contributed by atoms with Crippen molar-refractivity contribution in [3.8, 4) is 11.3 Å². The van der Waals surface area contributed by atoms with Crippen molar-refractivity contribution in [2.45, 2.75) is 11.3 Å². The highest BCUT2D eigenvalue weighted by Crippen LogP contribution is 2.37. The van der Waals surface area contributed by atoms with Gasteiger partial charge in [0.25, 0.3) is 0 Å². The van der Waals surface area contributed by atoms with Gasteiger partial charge in [-0.2, -0.15) is 0 Å². The summed E-state index contributed by atoms with van der Waals surface area (Å²) >= 11 is 1.98. The number of aromatic nitrogens is 1. The van der Waals surface area contributed by atoms with Gasteiger partial charge in [0.1, 0.15) is 0 Å². The second-order valence-corrected chi connectivity index (χ2v) is 8.06. The first-order chi connectivity index (χ1) is 11.0. The Morgan fingerprint density at radius 3 is 2.35 bits per heavy atom. The minimum atomic E-state index is 1.03. The lowest BCUT2D eigenvalue weighted by Gasteiger charge is -2.23. The molecule has 3 aromatic rings. The molecule has 0 fully saturated rings. The van der Waals surface area contributed by atoms with E-state index >= 15 is 0 Å². The quantitative estimate of drug-likeness (QED) is 0.382. The number of quaternary nitrogens is 1. The van der Waals surface area contributed by atoms with E-state index in [1.54, 1.807) is 0 Å². The molecule has 0 radical (unpaired) electrons. The van der Waals surface area contributed by atoms with Gasteiger partial charge in [0.2, 0.25) is 0 Å². The lowest BCUT2D eigenvalue weighted by atomic mass is 10.1. The fourth-order valence-electron chi connectivity index (χ4n) is 2.79. The number of benzene rings is 2. The maximum absolute atomic E-state index is 3.61. The van der Waals surface area contributed by atoms with Crippen LogP contribution in [0.2, 0.25) is 0 Å². The van der Waals surface area contributed by atoms with Gasteiger partial charge in [-0.15, -0.1) is 11.8 Å². The van der Waals surface area contributed by atoms with Gasteiger partial charge in [-0.05, 0) is 11.6 Å². The van der Waals surface area contributed by atoms with Crippen molar-refractivity contribution in [2.75, 3.05) is 33.4 Å². The smallest absolute Gasteiger partial charge is 0.0788 e. The molecular formula is C20H25N2S+. The third-order valence-corrected chi connectivity index (χ3v) is 5.15. The molecule has 0 saturated heterocycles. The molecule has 3 heteroatoms. The fourth-order valence-corrected chi connectivity index (χ4v) is 3.91. The van der Waals surface area contributed by atoms with Crippen molar-refractivity contribution >= 4 is 22.7 Å². The van der Waals surface area contributed by atoms with Crippen LogP contribution >= 0.6 is 11.8 Å². The summed E-state index contributed by atoms with van der Waals surface area (Å²) in [5.74, 6) is 1.15. The summed E-state index contributed by atoms with van der Waals surface area (Å²) in [5, 5.41) is 1.33. The average molecular weight is 326 g/mol. The molecule has 2 nitrogen and oxygen atoms in total. The maximum Gasteiger partial charge on any atom is 0.0788 e. The Morgan fingerprint density at radius 1 is 0.913 bits per heavy atom. The minimum absolute atomic E-state index is 1.03. The summed E-state index contributed by atoms with van der Waals surface area (Å²) in [7, 11) is 6.77. The van der Waals surface area contributed by atoms with Crippen LogP contribution in [0.5, 0.6) is 0 Å². The molecule has 0 aliphatic carbocycles. The van der Waals surface area contributed by atoms with Gasteiger partial charge < -0.3 is 9.47 Å². The minimum Gasteiger partial charge on any atom is -0.354 e. The zero-order valence-electron chi connectivity index (χ0n) is 14.2. The van der Waals surface area contributed by atoms with Crippen LogP contribution in [0.4, 0.5) is 0 Å². The first-order valence-corrected chi connectivity index (χ1v) is 9.12. The Hall–Kier alpha value is -1.71. The molecular weight excluding hydrogens is 300 g/mol. The average Bonchev–Trinajstić information content (AvgIpc) is 2.90. The predicted molar refractivity (Wildman–Crippen MR) is 102 cm³/mol. The second kappa shape index (κ2) is 6.81.